The van der Waals surface area contributed by atoms with Crippen LogP contribution < -0.4 is 10.6 Å². The first-order valence-corrected chi connectivity index (χ1v) is 7.05. The highest BCUT2D eigenvalue weighted by molar-refractivity contribution is 6.30. The van der Waals surface area contributed by atoms with Crippen molar-refractivity contribution in [3.8, 4) is 0 Å². The summed E-state index contributed by atoms with van der Waals surface area (Å²) in [7, 11) is 0. The van der Waals surface area contributed by atoms with Crippen molar-refractivity contribution in [2.75, 3.05) is 10.6 Å². The van der Waals surface area contributed by atoms with E-state index in [1.165, 1.54) is 12.4 Å². The highest BCUT2D eigenvalue weighted by atomic mass is 35.5. The summed E-state index contributed by atoms with van der Waals surface area (Å²) in [5.41, 5.74) is 1.16. The first kappa shape index (κ1) is 15.2. The summed E-state index contributed by atoms with van der Waals surface area (Å²) in [6.07, 6.45) is 1.36. The van der Waals surface area contributed by atoms with Gasteiger partial charge in [0.05, 0.1) is 0 Å². The van der Waals surface area contributed by atoms with E-state index in [1.54, 1.807) is 18.2 Å². The third-order valence-corrected chi connectivity index (χ3v) is 3.19. The third-order valence-electron chi connectivity index (χ3n) is 2.96. The van der Waals surface area contributed by atoms with E-state index in [0.717, 1.165) is 17.8 Å². The molecule has 0 saturated carbocycles. The zero-order valence-electron chi connectivity index (χ0n) is 11.7. The standard InChI is InChI=1S/C16H11ClF2N4/c17-10-2-1-3-11(6-10)22-15-8-16(21-9-20-15)23-12-4-5-13(18)14(19)7-12/h1-9H,(H2,20,21,22,23). The number of nitrogens with zero attached hydrogens (tertiary/aromatic N) is 2. The Bertz CT molecular complexity index is 842. The summed E-state index contributed by atoms with van der Waals surface area (Å²) in [5.74, 6) is -0.856. The lowest BCUT2D eigenvalue weighted by molar-refractivity contribution is 0.509. The Kier molecular flexibility index (Phi) is 4.34. The zero-order chi connectivity index (χ0) is 16.2. The topological polar surface area (TPSA) is 49.8 Å². The molecular weight excluding hydrogens is 322 g/mol. The quantitative estimate of drug-likeness (QED) is 0.713. The van der Waals surface area contributed by atoms with Crippen LogP contribution in [0.3, 0.4) is 0 Å². The maximum atomic E-state index is 13.2. The Balaban J connectivity index is 1.78. The van der Waals surface area contributed by atoms with Crippen molar-refractivity contribution in [1.29, 1.82) is 0 Å². The number of hydrogen-bond acceptors (Lipinski definition) is 4. The minimum atomic E-state index is -0.929. The molecular formula is C16H11ClF2N4. The van der Waals surface area contributed by atoms with E-state index in [-0.39, 0.29) is 0 Å². The molecule has 0 saturated heterocycles. The van der Waals surface area contributed by atoms with Crippen molar-refractivity contribution in [2.45, 2.75) is 0 Å². The Morgan fingerprint density at radius 3 is 2.13 bits per heavy atom. The van der Waals surface area contributed by atoms with Gasteiger partial charge in [-0.15, -0.1) is 0 Å². The van der Waals surface area contributed by atoms with Crippen LogP contribution in [0.5, 0.6) is 0 Å². The van der Waals surface area contributed by atoms with Crippen LogP contribution in [0.4, 0.5) is 31.8 Å². The molecule has 2 N–H and O–H groups in total. The van der Waals surface area contributed by atoms with Crippen molar-refractivity contribution < 1.29 is 8.78 Å². The molecule has 0 radical (unpaired) electrons. The van der Waals surface area contributed by atoms with Gasteiger partial charge in [0.25, 0.3) is 0 Å². The lowest BCUT2D eigenvalue weighted by Gasteiger charge is -2.09. The van der Waals surface area contributed by atoms with E-state index < -0.39 is 11.6 Å². The molecule has 23 heavy (non-hydrogen) atoms. The van der Waals surface area contributed by atoms with E-state index >= 15 is 0 Å². The van der Waals surface area contributed by atoms with Gasteiger partial charge in [-0.2, -0.15) is 0 Å². The van der Waals surface area contributed by atoms with Gasteiger partial charge in [-0.05, 0) is 30.3 Å². The Morgan fingerprint density at radius 1 is 0.783 bits per heavy atom. The van der Waals surface area contributed by atoms with Crippen molar-refractivity contribution in [2.24, 2.45) is 0 Å². The van der Waals surface area contributed by atoms with Crippen LogP contribution in [0.1, 0.15) is 0 Å². The number of benzene rings is 2. The van der Waals surface area contributed by atoms with E-state index in [4.69, 9.17) is 11.6 Å². The SMILES string of the molecule is Fc1ccc(Nc2cc(Nc3cccc(Cl)c3)ncn2)cc1F. The summed E-state index contributed by atoms with van der Waals surface area (Å²) in [6, 6.07) is 12.3. The highest BCUT2D eigenvalue weighted by Crippen LogP contribution is 2.22. The minimum absolute atomic E-state index is 0.385. The van der Waals surface area contributed by atoms with Crippen LogP contribution in [-0.4, -0.2) is 9.97 Å². The molecule has 3 aromatic rings. The normalized spacial score (nSPS) is 10.4. The molecule has 1 heterocycles. The van der Waals surface area contributed by atoms with Crippen molar-refractivity contribution in [1.82, 2.24) is 9.97 Å². The number of rotatable bonds is 4. The molecule has 2 aromatic carbocycles. The number of aromatic nitrogens is 2. The molecule has 1 aromatic heterocycles. The zero-order valence-corrected chi connectivity index (χ0v) is 12.5. The molecule has 0 aliphatic carbocycles. The second kappa shape index (κ2) is 6.58. The van der Waals surface area contributed by atoms with Gasteiger partial charge in [0.15, 0.2) is 11.6 Å². The fourth-order valence-electron chi connectivity index (χ4n) is 1.93. The fraction of sp³-hybridized carbons (Fsp3) is 0. The third kappa shape index (κ3) is 3.92. The van der Waals surface area contributed by atoms with Crippen LogP contribution in [0.2, 0.25) is 5.02 Å². The number of nitrogens with one attached hydrogen (secondary N) is 2. The average Bonchev–Trinajstić information content (AvgIpc) is 2.51. The number of anilines is 4. The first-order chi connectivity index (χ1) is 11.1. The summed E-state index contributed by atoms with van der Waals surface area (Å²) >= 11 is 5.93. The molecule has 3 rings (SSSR count). The fourth-order valence-corrected chi connectivity index (χ4v) is 2.12. The molecule has 4 nitrogen and oxygen atoms in total. The smallest absolute Gasteiger partial charge is 0.160 e. The van der Waals surface area contributed by atoms with Crippen molar-refractivity contribution in [3.63, 3.8) is 0 Å². The Morgan fingerprint density at radius 2 is 1.48 bits per heavy atom. The second-order valence-corrected chi connectivity index (χ2v) is 5.11. The molecule has 0 atom stereocenters. The van der Waals surface area contributed by atoms with Gasteiger partial charge in [0.1, 0.15) is 18.0 Å². The first-order valence-electron chi connectivity index (χ1n) is 6.67. The maximum absolute atomic E-state index is 13.2. The lowest BCUT2D eigenvalue weighted by Crippen LogP contribution is -1.99. The maximum Gasteiger partial charge on any atom is 0.160 e. The largest absolute Gasteiger partial charge is 0.340 e. The number of halogens is 3. The monoisotopic (exact) mass is 332 g/mol. The van der Waals surface area contributed by atoms with E-state index in [1.807, 2.05) is 12.1 Å². The average molecular weight is 333 g/mol. The van der Waals surface area contributed by atoms with E-state index in [9.17, 15) is 8.78 Å². The van der Waals surface area contributed by atoms with Crippen molar-refractivity contribution in [3.05, 3.63) is 71.5 Å². The second-order valence-electron chi connectivity index (χ2n) is 4.68. The van der Waals surface area contributed by atoms with Gasteiger partial charge in [-0.1, -0.05) is 17.7 Å². The van der Waals surface area contributed by atoms with Gasteiger partial charge < -0.3 is 10.6 Å². The molecule has 7 heteroatoms. The van der Waals surface area contributed by atoms with Gasteiger partial charge in [0.2, 0.25) is 0 Å². The van der Waals surface area contributed by atoms with Gasteiger partial charge >= 0.3 is 0 Å². The lowest BCUT2D eigenvalue weighted by atomic mass is 10.3. The highest BCUT2D eigenvalue weighted by Gasteiger charge is 2.05. The molecule has 116 valence electrons. The van der Waals surface area contributed by atoms with E-state index in [0.29, 0.717) is 22.3 Å². The van der Waals surface area contributed by atoms with Gasteiger partial charge in [0, 0.05) is 28.5 Å². The summed E-state index contributed by atoms with van der Waals surface area (Å²) in [6.45, 7) is 0. The molecule has 0 unspecified atom stereocenters. The van der Waals surface area contributed by atoms with Crippen LogP contribution in [-0.2, 0) is 0 Å². The minimum Gasteiger partial charge on any atom is -0.340 e. The molecule has 0 fully saturated rings. The predicted molar refractivity (Wildman–Crippen MR) is 86.4 cm³/mol. The molecule has 0 aliphatic heterocycles. The predicted octanol–water partition coefficient (Wildman–Crippen LogP) is 4.90. The Hall–Kier alpha value is -2.73. The van der Waals surface area contributed by atoms with E-state index in [2.05, 4.69) is 20.6 Å². The van der Waals surface area contributed by atoms with Gasteiger partial charge in [-0.25, -0.2) is 18.7 Å². The van der Waals surface area contributed by atoms with Gasteiger partial charge in [-0.3, -0.25) is 0 Å². The Labute approximate surface area is 136 Å². The molecule has 0 aliphatic rings. The summed E-state index contributed by atoms with van der Waals surface area (Å²) in [4.78, 5) is 8.14. The summed E-state index contributed by atoms with van der Waals surface area (Å²) < 4.78 is 26.1. The molecule has 0 spiro atoms. The van der Waals surface area contributed by atoms with Crippen LogP contribution >= 0.6 is 11.6 Å². The van der Waals surface area contributed by atoms with Crippen molar-refractivity contribution >= 4 is 34.6 Å². The molecule has 0 amide bonds. The summed E-state index contributed by atoms with van der Waals surface area (Å²) in [5, 5.41) is 6.57. The number of hydrogen-bond donors (Lipinski definition) is 2. The molecule has 0 bridgehead atoms. The van der Waals surface area contributed by atoms with Crippen LogP contribution in [0.25, 0.3) is 0 Å². The van der Waals surface area contributed by atoms with Crippen LogP contribution in [0, 0.1) is 11.6 Å². The van der Waals surface area contributed by atoms with Crippen LogP contribution in [0.15, 0.2) is 54.9 Å².